The maximum atomic E-state index is 10.7. The maximum Gasteiger partial charge on any atom is 0.153 e. The Morgan fingerprint density at radius 1 is 1.10 bits per heavy atom. The van der Waals surface area contributed by atoms with Crippen LogP contribution >= 0.6 is 11.6 Å². The summed E-state index contributed by atoms with van der Waals surface area (Å²) in [6, 6.07) is 13.6. The monoisotopic (exact) mass is 288 g/mol. The van der Waals surface area contributed by atoms with E-state index in [0.29, 0.717) is 21.9 Å². The molecule has 0 fully saturated rings. The first kappa shape index (κ1) is 13.0. The van der Waals surface area contributed by atoms with Crippen molar-refractivity contribution in [1.29, 1.82) is 0 Å². The minimum Gasteiger partial charge on any atom is -0.508 e. The highest BCUT2D eigenvalue weighted by Gasteiger charge is 2.30. The van der Waals surface area contributed by atoms with E-state index in [0.717, 1.165) is 5.39 Å². The number of para-hydroxylation sites is 1. The zero-order valence-corrected chi connectivity index (χ0v) is 11.6. The van der Waals surface area contributed by atoms with Crippen molar-refractivity contribution >= 4 is 22.6 Å². The Morgan fingerprint density at radius 3 is 2.45 bits per heavy atom. The lowest BCUT2D eigenvalue weighted by molar-refractivity contribution is 0.0786. The Hall–Kier alpha value is -1.97. The molecule has 1 unspecified atom stereocenters. The van der Waals surface area contributed by atoms with Gasteiger partial charge in [0.2, 0.25) is 0 Å². The minimum absolute atomic E-state index is 0.150. The predicted octanol–water partition coefficient (Wildman–Crippen LogP) is 4.05. The third-order valence-electron chi connectivity index (χ3n) is 3.41. The molecule has 1 aromatic heterocycles. The minimum atomic E-state index is -1.30. The molecule has 0 aliphatic carbocycles. The largest absolute Gasteiger partial charge is 0.508 e. The molecule has 0 aliphatic heterocycles. The van der Waals surface area contributed by atoms with Crippen molar-refractivity contribution in [2.24, 2.45) is 0 Å². The standard InChI is InChI=1S/C16H13ClO3/c1-16(19,11-5-7-12(18)8-6-11)14-9-10-3-2-4-13(17)15(10)20-14/h2-9,18-19H,1H3. The van der Waals surface area contributed by atoms with E-state index in [4.69, 9.17) is 16.0 Å². The molecule has 102 valence electrons. The molecule has 0 saturated carbocycles. The molecular formula is C16H13ClO3. The summed E-state index contributed by atoms with van der Waals surface area (Å²) in [7, 11) is 0. The Balaban J connectivity index is 2.13. The second-order valence-corrected chi connectivity index (χ2v) is 5.30. The van der Waals surface area contributed by atoms with Crippen LogP contribution in [0.3, 0.4) is 0 Å². The molecule has 3 aromatic rings. The molecule has 1 heterocycles. The highest BCUT2D eigenvalue weighted by Crippen LogP contribution is 2.35. The van der Waals surface area contributed by atoms with Crippen LogP contribution < -0.4 is 0 Å². The zero-order valence-electron chi connectivity index (χ0n) is 10.8. The van der Waals surface area contributed by atoms with Crippen molar-refractivity contribution in [3.05, 3.63) is 64.9 Å². The maximum absolute atomic E-state index is 10.7. The normalized spacial score (nSPS) is 14.3. The van der Waals surface area contributed by atoms with Crippen LogP contribution in [0, 0.1) is 0 Å². The number of phenols is 1. The molecule has 1 atom stereocenters. The fourth-order valence-electron chi connectivity index (χ4n) is 2.20. The van der Waals surface area contributed by atoms with E-state index in [9.17, 15) is 10.2 Å². The van der Waals surface area contributed by atoms with Gasteiger partial charge in [0.25, 0.3) is 0 Å². The van der Waals surface area contributed by atoms with Crippen LogP contribution in [0.15, 0.2) is 52.9 Å². The fraction of sp³-hybridized carbons (Fsp3) is 0.125. The smallest absolute Gasteiger partial charge is 0.153 e. The average Bonchev–Trinajstić information content (AvgIpc) is 2.85. The van der Waals surface area contributed by atoms with Crippen molar-refractivity contribution in [2.75, 3.05) is 0 Å². The molecule has 2 aromatic carbocycles. The summed E-state index contributed by atoms with van der Waals surface area (Å²) in [5.41, 5.74) is -0.107. The van der Waals surface area contributed by atoms with Gasteiger partial charge in [0.1, 0.15) is 17.1 Å². The Morgan fingerprint density at radius 2 is 1.80 bits per heavy atom. The third kappa shape index (κ3) is 2.05. The van der Waals surface area contributed by atoms with E-state index in [1.165, 1.54) is 12.1 Å². The summed E-state index contributed by atoms with van der Waals surface area (Å²) in [4.78, 5) is 0. The summed E-state index contributed by atoms with van der Waals surface area (Å²) in [6.45, 7) is 1.64. The number of aromatic hydroxyl groups is 1. The SMILES string of the molecule is CC(O)(c1ccc(O)cc1)c1cc2cccc(Cl)c2o1. The van der Waals surface area contributed by atoms with Gasteiger partial charge in [-0.15, -0.1) is 0 Å². The molecule has 4 heteroatoms. The summed E-state index contributed by atoms with van der Waals surface area (Å²) in [5, 5.41) is 21.4. The lowest BCUT2D eigenvalue weighted by Gasteiger charge is -2.21. The first-order valence-electron chi connectivity index (χ1n) is 6.19. The average molecular weight is 289 g/mol. The van der Waals surface area contributed by atoms with Crippen molar-refractivity contribution in [3.8, 4) is 5.75 Å². The topological polar surface area (TPSA) is 53.6 Å². The number of hydrogen-bond acceptors (Lipinski definition) is 3. The van der Waals surface area contributed by atoms with Crippen molar-refractivity contribution in [3.63, 3.8) is 0 Å². The second-order valence-electron chi connectivity index (χ2n) is 4.89. The predicted molar refractivity (Wildman–Crippen MR) is 78.0 cm³/mol. The highest BCUT2D eigenvalue weighted by atomic mass is 35.5. The van der Waals surface area contributed by atoms with Crippen LogP contribution in [0.5, 0.6) is 5.75 Å². The van der Waals surface area contributed by atoms with E-state index < -0.39 is 5.60 Å². The summed E-state index contributed by atoms with van der Waals surface area (Å²) in [6.07, 6.45) is 0. The van der Waals surface area contributed by atoms with Crippen LogP contribution in [0.2, 0.25) is 5.02 Å². The number of rotatable bonds is 2. The van der Waals surface area contributed by atoms with Crippen molar-refractivity contribution in [1.82, 2.24) is 0 Å². The summed E-state index contributed by atoms with van der Waals surface area (Å²) >= 11 is 6.08. The van der Waals surface area contributed by atoms with Gasteiger partial charge >= 0.3 is 0 Å². The summed E-state index contributed by atoms with van der Waals surface area (Å²) in [5.74, 6) is 0.559. The summed E-state index contributed by atoms with van der Waals surface area (Å²) < 4.78 is 5.70. The van der Waals surface area contributed by atoms with Crippen LogP contribution in [0.4, 0.5) is 0 Å². The lowest BCUT2D eigenvalue weighted by Crippen LogP contribution is -2.21. The third-order valence-corrected chi connectivity index (χ3v) is 3.70. The number of phenolic OH excluding ortho intramolecular Hbond substituents is 1. The molecule has 0 spiro atoms. The van der Waals surface area contributed by atoms with Crippen molar-refractivity contribution in [2.45, 2.75) is 12.5 Å². The second kappa shape index (κ2) is 4.54. The van der Waals surface area contributed by atoms with E-state index in [2.05, 4.69) is 0 Å². The molecular weight excluding hydrogens is 276 g/mol. The molecule has 0 radical (unpaired) electrons. The molecule has 0 amide bonds. The van der Waals surface area contributed by atoms with Gasteiger partial charge in [-0.25, -0.2) is 0 Å². The van der Waals surface area contributed by atoms with Gasteiger partial charge in [0.15, 0.2) is 5.58 Å². The molecule has 3 rings (SSSR count). The first-order valence-corrected chi connectivity index (χ1v) is 6.57. The molecule has 3 nitrogen and oxygen atoms in total. The van der Waals surface area contributed by atoms with Gasteiger partial charge in [-0.05, 0) is 36.8 Å². The van der Waals surface area contributed by atoms with Crippen LogP contribution in [0.1, 0.15) is 18.2 Å². The van der Waals surface area contributed by atoms with Gasteiger partial charge in [-0.3, -0.25) is 0 Å². The molecule has 20 heavy (non-hydrogen) atoms. The zero-order chi connectivity index (χ0) is 14.3. The van der Waals surface area contributed by atoms with Gasteiger partial charge in [-0.1, -0.05) is 35.9 Å². The molecule has 0 aliphatic rings. The Kier molecular flexibility index (Phi) is 2.96. The number of aliphatic hydroxyl groups is 1. The quantitative estimate of drug-likeness (QED) is 0.748. The number of fused-ring (bicyclic) bond motifs is 1. The van der Waals surface area contributed by atoms with E-state index in [1.54, 1.807) is 31.2 Å². The highest BCUT2D eigenvalue weighted by molar-refractivity contribution is 6.34. The molecule has 0 saturated heterocycles. The Labute approximate surface area is 121 Å². The number of furan rings is 1. The Bertz CT molecular complexity index is 757. The lowest BCUT2D eigenvalue weighted by atomic mass is 9.93. The first-order chi connectivity index (χ1) is 9.48. The van der Waals surface area contributed by atoms with Crippen molar-refractivity contribution < 1.29 is 14.6 Å². The van der Waals surface area contributed by atoms with E-state index in [-0.39, 0.29) is 5.75 Å². The number of halogens is 1. The molecule has 2 N–H and O–H groups in total. The fourth-order valence-corrected chi connectivity index (χ4v) is 2.42. The number of hydrogen-bond donors (Lipinski definition) is 2. The number of benzene rings is 2. The van der Waals surface area contributed by atoms with Crippen LogP contribution in [0.25, 0.3) is 11.0 Å². The van der Waals surface area contributed by atoms with Gasteiger partial charge in [-0.2, -0.15) is 0 Å². The molecule has 0 bridgehead atoms. The van der Waals surface area contributed by atoms with E-state index >= 15 is 0 Å². The van der Waals surface area contributed by atoms with E-state index in [1.807, 2.05) is 12.1 Å². The van der Waals surface area contributed by atoms with Crippen LogP contribution in [-0.2, 0) is 5.60 Å². The van der Waals surface area contributed by atoms with Gasteiger partial charge in [0.05, 0.1) is 5.02 Å². The van der Waals surface area contributed by atoms with Gasteiger partial charge < -0.3 is 14.6 Å². The van der Waals surface area contributed by atoms with Crippen LogP contribution in [-0.4, -0.2) is 10.2 Å². The van der Waals surface area contributed by atoms with Gasteiger partial charge in [0, 0.05) is 5.39 Å².